The second kappa shape index (κ2) is 10.1. The van der Waals surface area contributed by atoms with Gasteiger partial charge in [-0.15, -0.1) is 0 Å². The molecule has 1 heterocycles. The van der Waals surface area contributed by atoms with Crippen molar-refractivity contribution < 1.29 is 37.5 Å². The molecule has 2 rings (SSSR count). The largest absolute Gasteiger partial charge is 0.493 e. The molecule has 1 amide bonds. The van der Waals surface area contributed by atoms with Crippen LogP contribution in [0.1, 0.15) is 18.4 Å². The second-order valence-electron chi connectivity index (χ2n) is 6.36. The van der Waals surface area contributed by atoms with E-state index in [0.717, 1.165) is 18.0 Å². The maximum atomic E-state index is 12.3. The molecule has 0 saturated carbocycles. The van der Waals surface area contributed by atoms with Gasteiger partial charge in [0.15, 0.2) is 18.0 Å². The first-order valence-corrected chi connectivity index (χ1v) is 8.72. The lowest BCUT2D eigenvalue weighted by Crippen LogP contribution is -3.14. The highest BCUT2D eigenvalue weighted by Gasteiger charge is 2.28. The number of likely N-dealkylation sites (tertiary alicyclic amines) is 1. The molecular weight excluding hydrogens is 362 g/mol. The number of quaternary nitrogens is 1. The summed E-state index contributed by atoms with van der Waals surface area (Å²) in [6.45, 7) is -0.892. The Hall–Kier alpha value is -2.42. The highest BCUT2D eigenvalue weighted by Crippen LogP contribution is 2.29. The molecule has 0 radical (unpaired) electrons. The van der Waals surface area contributed by atoms with Gasteiger partial charge in [-0.3, -0.25) is 9.59 Å². The molecule has 9 heteroatoms. The average molecular weight is 387 g/mol. The van der Waals surface area contributed by atoms with E-state index in [1.165, 1.54) is 20.3 Å². The second-order valence-corrected chi connectivity index (χ2v) is 6.36. The van der Waals surface area contributed by atoms with Crippen LogP contribution in [0.15, 0.2) is 18.2 Å². The molecular formula is C18H25F2N2O5+. The van der Waals surface area contributed by atoms with Gasteiger partial charge in [0.05, 0.1) is 33.2 Å². The monoisotopic (exact) mass is 387 g/mol. The van der Waals surface area contributed by atoms with Gasteiger partial charge in [0, 0.05) is 19.4 Å². The van der Waals surface area contributed by atoms with Gasteiger partial charge in [-0.05, 0) is 17.7 Å². The minimum absolute atomic E-state index is 0.0551. The van der Waals surface area contributed by atoms with Crippen molar-refractivity contribution in [2.75, 3.05) is 33.9 Å². The van der Waals surface area contributed by atoms with Crippen molar-refractivity contribution in [3.8, 4) is 11.5 Å². The Labute approximate surface area is 156 Å². The van der Waals surface area contributed by atoms with Gasteiger partial charge in [0.25, 0.3) is 5.91 Å². The number of nitrogens with one attached hydrogen (secondary N) is 2. The fraction of sp³-hybridized carbons (Fsp3) is 0.556. The smallest absolute Gasteiger partial charge is 0.387 e. The summed E-state index contributed by atoms with van der Waals surface area (Å²) in [5.74, 6) is -0.263. The molecule has 1 aromatic carbocycles. The van der Waals surface area contributed by atoms with E-state index in [1.54, 1.807) is 12.1 Å². The molecule has 7 nitrogen and oxygen atoms in total. The van der Waals surface area contributed by atoms with E-state index >= 15 is 0 Å². The van der Waals surface area contributed by atoms with Crippen molar-refractivity contribution >= 4 is 11.9 Å². The number of halogens is 2. The van der Waals surface area contributed by atoms with E-state index in [2.05, 4.69) is 10.1 Å². The van der Waals surface area contributed by atoms with E-state index in [4.69, 9.17) is 9.47 Å². The number of amides is 1. The van der Waals surface area contributed by atoms with Crippen LogP contribution in [-0.4, -0.2) is 52.3 Å². The summed E-state index contributed by atoms with van der Waals surface area (Å²) < 4.78 is 38.8. The van der Waals surface area contributed by atoms with E-state index in [1.807, 2.05) is 0 Å². The zero-order valence-corrected chi connectivity index (χ0v) is 15.4. The first-order chi connectivity index (χ1) is 12.9. The minimum Gasteiger partial charge on any atom is -0.493 e. The number of carbonyl (C=O) groups is 2. The number of hydrogen-bond donors (Lipinski definition) is 2. The molecule has 1 aliphatic heterocycles. The number of hydrogen-bond acceptors (Lipinski definition) is 5. The molecule has 0 bridgehead atoms. The summed E-state index contributed by atoms with van der Waals surface area (Å²) in [6, 6.07) is 4.53. The summed E-state index contributed by atoms with van der Waals surface area (Å²) in [5.41, 5.74) is 0.709. The van der Waals surface area contributed by atoms with Gasteiger partial charge in [-0.1, -0.05) is 6.07 Å². The zero-order valence-electron chi connectivity index (χ0n) is 15.4. The first-order valence-electron chi connectivity index (χ1n) is 8.72. The lowest BCUT2D eigenvalue weighted by Gasteiger charge is -2.27. The third-order valence-electron chi connectivity index (χ3n) is 4.57. The predicted octanol–water partition coefficient (Wildman–Crippen LogP) is 0.381. The summed E-state index contributed by atoms with van der Waals surface area (Å²) in [4.78, 5) is 24.8. The third kappa shape index (κ3) is 6.35. The number of carbonyl (C=O) groups excluding carboxylic acids is 2. The average Bonchev–Trinajstić information content (AvgIpc) is 2.66. The maximum Gasteiger partial charge on any atom is 0.387 e. The standard InChI is InChI=1S/C18H24F2N2O5/c1-25-15-9-12(3-4-14(15)27-18(19)20)10-21-16(23)11-22-7-5-13(6-8-22)17(24)26-2/h3-4,9,13,18H,5-8,10-11H2,1-2H3,(H,21,23)/p+1. The molecule has 150 valence electrons. The topological polar surface area (TPSA) is 78.3 Å². The molecule has 0 aromatic heterocycles. The normalized spacial score (nSPS) is 19.4. The number of ether oxygens (including phenoxy) is 3. The molecule has 1 aliphatic rings. The van der Waals surface area contributed by atoms with Crippen molar-refractivity contribution in [1.29, 1.82) is 0 Å². The minimum atomic E-state index is -2.93. The Morgan fingerprint density at radius 2 is 1.93 bits per heavy atom. The van der Waals surface area contributed by atoms with Crippen LogP contribution >= 0.6 is 0 Å². The lowest BCUT2D eigenvalue weighted by molar-refractivity contribution is -0.897. The molecule has 1 fully saturated rings. The fourth-order valence-corrected chi connectivity index (χ4v) is 3.11. The van der Waals surface area contributed by atoms with Crippen LogP contribution in [0.5, 0.6) is 11.5 Å². The number of piperidine rings is 1. The summed E-state index contributed by atoms with van der Waals surface area (Å²) in [7, 11) is 2.74. The van der Waals surface area contributed by atoms with Crippen molar-refractivity contribution in [2.45, 2.75) is 26.0 Å². The summed E-state index contributed by atoms with van der Waals surface area (Å²) in [5, 5.41) is 2.81. The number of benzene rings is 1. The Kier molecular flexibility index (Phi) is 7.78. The molecule has 0 aliphatic carbocycles. The highest BCUT2D eigenvalue weighted by molar-refractivity contribution is 5.77. The Bertz CT molecular complexity index is 649. The van der Waals surface area contributed by atoms with Crippen LogP contribution < -0.4 is 19.7 Å². The van der Waals surface area contributed by atoms with Crippen molar-refractivity contribution in [3.63, 3.8) is 0 Å². The van der Waals surface area contributed by atoms with Gasteiger partial charge >= 0.3 is 12.6 Å². The van der Waals surface area contributed by atoms with Crippen molar-refractivity contribution in [1.82, 2.24) is 5.32 Å². The van der Waals surface area contributed by atoms with Crippen LogP contribution in [-0.2, 0) is 20.9 Å². The van der Waals surface area contributed by atoms with E-state index in [-0.39, 0.29) is 35.8 Å². The SMILES string of the molecule is COC(=O)C1CC[NH+](CC(=O)NCc2ccc(OC(F)F)c(OC)c2)CC1. The Morgan fingerprint density at radius 3 is 2.52 bits per heavy atom. The summed E-state index contributed by atoms with van der Waals surface area (Å²) in [6.07, 6.45) is 1.41. The van der Waals surface area contributed by atoms with E-state index in [9.17, 15) is 18.4 Å². The predicted molar refractivity (Wildman–Crippen MR) is 91.8 cm³/mol. The lowest BCUT2D eigenvalue weighted by atomic mass is 9.97. The van der Waals surface area contributed by atoms with Crippen LogP contribution in [0.3, 0.4) is 0 Å². The molecule has 0 spiro atoms. The van der Waals surface area contributed by atoms with Gasteiger partial charge < -0.3 is 24.4 Å². The number of methoxy groups -OCH3 is 2. The van der Waals surface area contributed by atoms with Crippen LogP contribution in [0.2, 0.25) is 0 Å². The molecule has 0 atom stereocenters. The van der Waals surface area contributed by atoms with E-state index in [0.29, 0.717) is 24.9 Å². The van der Waals surface area contributed by atoms with Gasteiger partial charge in [0.1, 0.15) is 0 Å². The highest BCUT2D eigenvalue weighted by atomic mass is 19.3. The first kappa shape index (κ1) is 20.9. The number of rotatable bonds is 8. The zero-order chi connectivity index (χ0) is 19.8. The molecule has 0 unspecified atom stereocenters. The quantitative estimate of drug-likeness (QED) is 0.631. The molecule has 1 aromatic rings. The van der Waals surface area contributed by atoms with Crippen molar-refractivity contribution in [3.05, 3.63) is 23.8 Å². The molecule has 27 heavy (non-hydrogen) atoms. The van der Waals surface area contributed by atoms with Crippen LogP contribution in [0.4, 0.5) is 8.78 Å². The van der Waals surface area contributed by atoms with Gasteiger partial charge in [-0.2, -0.15) is 8.78 Å². The van der Waals surface area contributed by atoms with E-state index < -0.39 is 6.61 Å². The van der Waals surface area contributed by atoms with Crippen LogP contribution in [0.25, 0.3) is 0 Å². The molecule has 1 saturated heterocycles. The Morgan fingerprint density at radius 1 is 1.22 bits per heavy atom. The van der Waals surface area contributed by atoms with Crippen LogP contribution in [0, 0.1) is 5.92 Å². The van der Waals surface area contributed by atoms with Gasteiger partial charge in [0.2, 0.25) is 0 Å². The van der Waals surface area contributed by atoms with Gasteiger partial charge in [-0.25, -0.2) is 0 Å². The fourth-order valence-electron chi connectivity index (χ4n) is 3.11. The van der Waals surface area contributed by atoms with Crippen molar-refractivity contribution in [2.24, 2.45) is 5.92 Å². The third-order valence-corrected chi connectivity index (χ3v) is 4.57. The maximum absolute atomic E-state index is 12.3. The Balaban J connectivity index is 1.79. The number of alkyl halides is 2. The molecule has 2 N–H and O–H groups in total. The summed E-state index contributed by atoms with van der Waals surface area (Å²) >= 11 is 0. The number of esters is 1.